The molecule has 0 unspecified atom stereocenters. The maximum atomic E-state index is 12.3. The summed E-state index contributed by atoms with van der Waals surface area (Å²) >= 11 is 3.34. The number of carbonyl (C=O) groups excluding carboxylic acids is 1. The smallest absolute Gasteiger partial charge is 0.328 e. The van der Waals surface area contributed by atoms with E-state index in [0.717, 1.165) is 0 Å². The zero-order valence-corrected chi connectivity index (χ0v) is 12.9. The topological polar surface area (TPSA) is 82.1 Å². The fraction of sp³-hybridized carbons (Fsp3) is 0.833. The molecule has 0 aliphatic carbocycles. The molecule has 1 fully saturated rings. The molecule has 1 aliphatic rings. The van der Waals surface area contributed by atoms with Crippen LogP contribution in [0.2, 0.25) is 0 Å². The van der Waals surface area contributed by atoms with Crippen molar-refractivity contribution in [3.05, 3.63) is 0 Å². The molecule has 0 aromatic rings. The van der Waals surface area contributed by atoms with Gasteiger partial charge in [0, 0.05) is 0 Å². The fourth-order valence-corrected chi connectivity index (χ4v) is 2.70. The van der Waals surface area contributed by atoms with E-state index in [1.807, 2.05) is 0 Å². The fourth-order valence-electron chi connectivity index (χ4n) is 2.20. The first-order chi connectivity index (χ1) is 8.78. The highest BCUT2D eigenvalue weighted by Crippen LogP contribution is 2.45. The molecule has 7 heteroatoms. The average molecular weight is 339 g/mol. The summed E-state index contributed by atoms with van der Waals surface area (Å²) in [6.45, 7) is 5.85. The number of ether oxygens (including phenoxy) is 3. The van der Waals surface area contributed by atoms with Gasteiger partial charge in [-0.15, -0.1) is 0 Å². The Morgan fingerprint density at radius 1 is 1.47 bits per heavy atom. The van der Waals surface area contributed by atoms with Crippen molar-refractivity contribution in [1.29, 1.82) is 0 Å². The van der Waals surface area contributed by atoms with Gasteiger partial charge in [0.2, 0.25) is 0 Å². The predicted octanol–water partition coefficient (Wildman–Crippen LogP) is 1.56. The van der Waals surface area contributed by atoms with Crippen LogP contribution >= 0.6 is 15.9 Å². The van der Waals surface area contributed by atoms with E-state index in [-0.39, 0.29) is 13.0 Å². The maximum Gasteiger partial charge on any atom is 0.328 e. The molecule has 1 rings (SSSR count). The predicted molar refractivity (Wildman–Crippen MR) is 70.0 cm³/mol. The summed E-state index contributed by atoms with van der Waals surface area (Å²) in [6.07, 6.45) is -0.202. The molecule has 0 saturated carbocycles. The minimum atomic E-state index is -1.36. The number of alkyl halides is 1. The number of esters is 1. The van der Waals surface area contributed by atoms with Crippen LogP contribution in [0.4, 0.5) is 0 Å². The quantitative estimate of drug-likeness (QED) is 0.584. The second-order valence-corrected chi connectivity index (χ2v) is 5.82. The van der Waals surface area contributed by atoms with Gasteiger partial charge in [0.1, 0.15) is 0 Å². The third-order valence-electron chi connectivity index (χ3n) is 3.23. The minimum absolute atomic E-state index is 0.196. The van der Waals surface area contributed by atoms with E-state index in [1.54, 1.807) is 20.8 Å². The van der Waals surface area contributed by atoms with Gasteiger partial charge in [-0.3, -0.25) is 9.59 Å². The Balaban J connectivity index is 3.08. The third-order valence-corrected chi connectivity index (χ3v) is 5.06. The lowest BCUT2D eigenvalue weighted by Crippen LogP contribution is -2.58. The number of carboxylic acids is 1. The highest BCUT2D eigenvalue weighted by atomic mass is 79.9. The number of rotatable bonds is 6. The van der Waals surface area contributed by atoms with E-state index in [9.17, 15) is 9.59 Å². The number of hydrogen-bond donors (Lipinski definition) is 1. The van der Waals surface area contributed by atoms with Crippen LogP contribution in [-0.4, -0.2) is 47.0 Å². The Bertz CT molecular complexity index is 352. The van der Waals surface area contributed by atoms with Crippen molar-refractivity contribution in [2.45, 2.75) is 37.3 Å². The first kappa shape index (κ1) is 16.4. The SMILES string of the molecule is CCOC(=O)[C@@](Br)([C@H](C)CC(=O)O)C1(C)OCCO1. The molecule has 0 spiro atoms. The maximum absolute atomic E-state index is 12.3. The van der Waals surface area contributed by atoms with E-state index >= 15 is 0 Å². The molecule has 1 N–H and O–H groups in total. The molecular formula is C12H19BrO6. The van der Waals surface area contributed by atoms with Gasteiger partial charge in [0.15, 0.2) is 10.1 Å². The molecule has 0 amide bonds. The van der Waals surface area contributed by atoms with Gasteiger partial charge in [-0.2, -0.15) is 0 Å². The van der Waals surface area contributed by atoms with Gasteiger partial charge < -0.3 is 19.3 Å². The second kappa shape index (κ2) is 6.19. The van der Waals surface area contributed by atoms with Crippen LogP contribution in [0.1, 0.15) is 27.2 Å². The van der Waals surface area contributed by atoms with E-state index in [0.29, 0.717) is 13.2 Å². The molecule has 1 saturated heterocycles. The van der Waals surface area contributed by atoms with Gasteiger partial charge in [-0.1, -0.05) is 22.9 Å². The summed E-state index contributed by atoms with van der Waals surface area (Å²) in [4.78, 5) is 23.2. The van der Waals surface area contributed by atoms with Crippen molar-refractivity contribution in [2.24, 2.45) is 5.92 Å². The van der Waals surface area contributed by atoms with Crippen molar-refractivity contribution >= 4 is 27.9 Å². The summed E-state index contributed by atoms with van der Waals surface area (Å²) in [5, 5.41) is 8.93. The summed E-state index contributed by atoms with van der Waals surface area (Å²) in [5.41, 5.74) is 0. The summed E-state index contributed by atoms with van der Waals surface area (Å²) < 4.78 is 14.7. The Morgan fingerprint density at radius 2 is 2.00 bits per heavy atom. The number of halogens is 1. The lowest BCUT2D eigenvalue weighted by molar-refractivity contribution is -0.196. The van der Waals surface area contributed by atoms with E-state index in [1.165, 1.54) is 0 Å². The van der Waals surface area contributed by atoms with Crippen molar-refractivity contribution in [3.8, 4) is 0 Å². The van der Waals surface area contributed by atoms with Crippen LogP contribution in [0.3, 0.4) is 0 Å². The molecule has 0 aromatic heterocycles. The Kier molecular flexibility index (Phi) is 5.34. The minimum Gasteiger partial charge on any atom is -0.481 e. The van der Waals surface area contributed by atoms with Crippen molar-refractivity contribution in [3.63, 3.8) is 0 Å². The Morgan fingerprint density at radius 3 is 2.42 bits per heavy atom. The molecule has 1 heterocycles. The molecule has 110 valence electrons. The van der Waals surface area contributed by atoms with Gasteiger partial charge in [0.25, 0.3) is 0 Å². The Labute approximate surface area is 120 Å². The zero-order valence-electron chi connectivity index (χ0n) is 11.3. The van der Waals surface area contributed by atoms with Crippen LogP contribution < -0.4 is 0 Å². The third kappa shape index (κ3) is 3.09. The molecule has 1 aliphatic heterocycles. The number of aliphatic carboxylic acids is 1. The lowest BCUT2D eigenvalue weighted by Gasteiger charge is -2.41. The summed E-state index contributed by atoms with van der Waals surface area (Å²) in [5.74, 6) is -3.38. The molecule has 0 radical (unpaired) electrons. The number of carboxylic acid groups (broad SMARTS) is 1. The first-order valence-electron chi connectivity index (χ1n) is 6.13. The van der Waals surface area contributed by atoms with Gasteiger partial charge >= 0.3 is 11.9 Å². The van der Waals surface area contributed by atoms with Crippen molar-refractivity contribution in [1.82, 2.24) is 0 Å². The lowest BCUT2D eigenvalue weighted by atomic mass is 9.84. The second-order valence-electron chi connectivity index (χ2n) is 4.57. The monoisotopic (exact) mass is 338 g/mol. The molecule has 0 aromatic carbocycles. The molecule has 0 bridgehead atoms. The molecule has 2 atom stereocenters. The summed E-state index contributed by atoms with van der Waals surface area (Å²) in [7, 11) is 0. The van der Waals surface area contributed by atoms with Gasteiger partial charge in [0.05, 0.1) is 26.2 Å². The van der Waals surface area contributed by atoms with Crippen molar-refractivity contribution in [2.75, 3.05) is 19.8 Å². The number of carbonyl (C=O) groups is 2. The molecule has 19 heavy (non-hydrogen) atoms. The summed E-state index contributed by atoms with van der Waals surface area (Å²) in [6, 6.07) is 0. The highest BCUT2D eigenvalue weighted by Gasteiger charge is 2.60. The first-order valence-corrected chi connectivity index (χ1v) is 6.93. The van der Waals surface area contributed by atoms with E-state index in [4.69, 9.17) is 19.3 Å². The Hall–Kier alpha value is -0.660. The largest absolute Gasteiger partial charge is 0.481 e. The van der Waals surface area contributed by atoms with Crippen LogP contribution in [0.5, 0.6) is 0 Å². The van der Waals surface area contributed by atoms with Gasteiger partial charge in [-0.05, 0) is 19.8 Å². The van der Waals surface area contributed by atoms with Crippen molar-refractivity contribution < 1.29 is 28.9 Å². The van der Waals surface area contributed by atoms with E-state index in [2.05, 4.69) is 15.9 Å². The standard InChI is InChI=1S/C12H19BrO6/c1-4-17-10(16)12(13,8(2)7-9(14)15)11(3)18-5-6-19-11/h8H,4-7H2,1-3H3,(H,14,15)/t8-,12+/m1/s1. The molecule has 6 nitrogen and oxygen atoms in total. The zero-order chi connectivity index (χ0) is 14.7. The normalized spacial score (nSPS) is 22.5. The van der Waals surface area contributed by atoms with Crippen LogP contribution in [0.25, 0.3) is 0 Å². The van der Waals surface area contributed by atoms with Crippen LogP contribution in [-0.2, 0) is 23.8 Å². The van der Waals surface area contributed by atoms with Crippen LogP contribution in [0, 0.1) is 5.92 Å². The van der Waals surface area contributed by atoms with Gasteiger partial charge in [-0.25, -0.2) is 0 Å². The van der Waals surface area contributed by atoms with E-state index < -0.39 is 28.0 Å². The number of hydrogen-bond acceptors (Lipinski definition) is 5. The highest BCUT2D eigenvalue weighted by molar-refractivity contribution is 9.10. The average Bonchev–Trinajstić information content (AvgIpc) is 2.75. The van der Waals surface area contributed by atoms with Crippen LogP contribution in [0.15, 0.2) is 0 Å². The molecular weight excluding hydrogens is 320 g/mol.